The minimum absolute atomic E-state index is 1.00. The molecule has 0 saturated carbocycles. The zero-order valence-electron chi connectivity index (χ0n) is 22.6. The van der Waals surface area contributed by atoms with E-state index in [0.717, 1.165) is 6.54 Å². The van der Waals surface area contributed by atoms with E-state index in [0.29, 0.717) is 0 Å². The van der Waals surface area contributed by atoms with Crippen molar-refractivity contribution in [2.45, 2.75) is 6.92 Å². The molecule has 0 aliphatic heterocycles. The number of benzene rings is 4. The molecule has 0 saturated heterocycles. The van der Waals surface area contributed by atoms with Crippen LogP contribution in [0.1, 0.15) is 6.92 Å². The molecule has 0 bridgehead atoms. The summed E-state index contributed by atoms with van der Waals surface area (Å²) in [6.45, 7) is 3.01. The molecule has 0 aromatic heterocycles. The molecular weight excluding hydrogens is 717 g/mol. The van der Waals surface area contributed by atoms with E-state index in [1.165, 1.54) is 0 Å². The van der Waals surface area contributed by atoms with Gasteiger partial charge in [-0.1, -0.05) is 0 Å². The topological polar surface area (TPSA) is 27.6 Å². The Hall–Kier alpha value is -4.50. The van der Waals surface area contributed by atoms with E-state index in [2.05, 4.69) is 5.73 Å². The van der Waals surface area contributed by atoms with Crippen LogP contribution in [0.25, 0.3) is 0 Å². The molecule has 3 N–H and O–H groups in total. The fourth-order valence-corrected chi connectivity index (χ4v) is 4.87. The van der Waals surface area contributed by atoms with E-state index in [-0.39, 0.29) is 0 Å². The monoisotopic (exact) mass is 725 g/mol. The predicted molar refractivity (Wildman–Crippen MR) is 123 cm³/mol. The van der Waals surface area contributed by atoms with Gasteiger partial charge in [-0.05, 0) is 6.92 Å². The minimum Gasteiger partial charge on any atom is -0.358 e. The fraction of sp³-hybridized carbons (Fsp3) is 0.0769. The van der Waals surface area contributed by atoms with E-state index < -0.39 is 144 Å². The molecule has 4 rings (SSSR count). The Morgan fingerprint density at radius 3 is 0.458 bits per heavy atom. The molecule has 260 valence electrons. The molecule has 0 amide bonds. The SMILES string of the molecule is CC[NH3+].Fc1c(F)c(F)c([B-](c2c(F)c(F)c(F)c(F)c2F)(c2c(F)c(F)c(F)c(F)c2F)c2c(F)c(F)c(F)c(F)c2F)c(F)c1F. The maximum atomic E-state index is 15.4. The van der Waals surface area contributed by atoms with Crippen molar-refractivity contribution in [2.24, 2.45) is 0 Å². The van der Waals surface area contributed by atoms with Gasteiger partial charge in [0, 0.05) is 0 Å². The molecular formula is C26H8BF20N. The molecule has 0 aliphatic carbocycles. The van der Waals surface area contributed by atoms with Crippen LogP contribution in [0.5, 0.6) is 0 Å². The second-order valence-electron chi connectivity index (χ2n) is 9.30. The lowest BCUT2D eigenvalue weighted by molar-refractivity contribution is -0.361. The van der Waals surface area contributed by atoms with Crippen molar-refractivity contribution in [3.05, 3.63) is 116 Å². The molecule has 22 heteroatoms. The Balaban J connectivity index is 0.00000201. The molecule has 48 heavy (non-hydrogen) atoms. The number of quaternary nitrogens is 1. The van der Waals surface area contributed by atoms with Gasteiger partial charge in [-0.3, -0.25) is 0 Å². The van der Waals surface area contributed by atoms with Crippen LogP contribution >= 0.6 is 0 Å². The fourth-order valence-electron chi connectivity index (χ4n) is 4.87. The molecule has 1 nitrogen and oxygen atoms in total. The van der Waals surface area contributed by atoms with Gasteiger partial charge < -0.3 is 5.73 Å². The summed E-state index contributed by atoms with van der Waals surface area (Å²) in [5, 5.41) is 0. The summed E-state index contributed by atoms with van der Waals surface area (Å²) in [7, 11) is 0. The molecule has 4 aromatic rings. The highest BCUT2D eigenvalue weighted by molar-refractivity contribution is 7.20. The molecule has 0 fully saturated rings. The number of halogens is 20. The quantitative estimate of drug-likeness (QED) is 0.132. The van der Waals surface area contributed by atoms with Crippen LogP contribution in [-0.2, 0) is 0 Å². The first kappa shape index (κ1) is 38.0. The minimum atomic E-state index is -7.22. The Labute approximate surface area is 252 Å². The highest BCUT2D eigenvalue weighted by atomic mass is 19.2. The maximum absolute atomic E-state index is 15.4. The van der Waals surface area contributed by atoms with Crippen LogP contribution in [0.15, 0.2) is 0 Å². The molecule has 0 unspecified atom stereocenters. The van der Waals surface area contributed by atoms with Crippen LogP contribution in [-0.4, -0.2) is 12.7 Å². The number of hydrogen-bond donors (Lipinski definition) is 1. The summed E-state index contributed by atoms with van der Waals surface area (Å²) in [5.41, 5.74) is -10.8. The van der Waals surface area contributed by atoms with Crippen LogP contribution in [0.4, 0.5) is 87.8 Å². The summed E-state index contributed by atoms with van der Waals surface area (Å²) >= 11 is 0. The van der Waals surface area contributed by atoms with E-state index in [1.54, 1.807) is 0 Å². The largest absolute Gasteiger partial charge is 0.358 e. The van der Waals surface area contributed by atoms with Crippen LogP contribution in [0.2, 0.25) is 0 Å². The Bertz CT molecular complexity index is 1590. The molecule has 4 aromatic carbocycles. The van der Waals surface area contributed by atoms with Gasteiger partial charge in [0.1, 0.15) is 52.7 Å². The third-order valence-corrected chi connectivity index (χ3v) is 6.71. The maximum Gasteiger partial charge on any atom is 0.200 e. The third kappa shape index (κ3) is 5.10. The first-order valence-corrected chi connectivity index (χ1v) is 12.1. The van der Waals surface area contributed by atoms with Crippen LogP contribution in [0, 0.1) is 116 Å². The van der Waals surface area contributed by atoms with Gasteiger partial charge in [0.05, 0.1) is 6.54 Å². The summed E-state index contributed by atoms with van der Waals surface area (Å²) in [5.74, 6) is -71.4. The summed E-state index contributed by atoms with van der Waals surface area (Å²) in [6, 6.07) is 0. The van der Waals surface area contributed by atoms with Crippen molar-refractivity contribution in [3.63, 3.8) is 0 Å². The molecule has 0 atom stereocenters. The molecule has 0 spiro atoms. The van der Waals surface area contributed by atoms with Crippen LogP contribution < -0.4 is 27.6 Å². The molecule has 0 radical (unpaired) electrons. The number of rotatable bonds is 4. The van der Waals surface area contributed by atoms with E-state index >= 15 is 35.1 Å². The smallest absolute Gasteiger partial charge is 0.200 e. The lowest BCUT2D eigenvalue weighted by Gasteiger charge is -2.44. The number of hydrogen-bond acceptors (Lipinski definition) is 0. The van der Waals surface area contributed by atoms with Crippen molar-refractivity contribution in [1.29, 1.82) is 0 Å². The van der Waals surface area contributed by atoms with Gasteiger partial charge >= 0.3 is 0 Å². The summed E-state index contributed by atoms with van der Waals surface area (Å²) in [6.07, 6.45) is -7.22. The zero-order chi connectivity index (χ0) is 37.1. The van der Waals surface area contributed by atoms with E-state index in [9.17, 15) is 52.7 Å². The van der Waals surface area contributed by atoms with Crippen molar-refractivity contribution >= 4 is 28.0 Å². The van der Waals surface area contributed by atoms with Crippen molar-refractivity contribution < 1.29 is 93.5 Å². The van der Waals surface area contributed by atoms with Gasteiger partial charge in [0.15, 0.2) is 69.8 Å². The lowest BCUT2D eigenvalue weighted by Crippen LogP contribution is -2.81. The molecule has 0 aliphatic rings. The predicted octanol–water partition coefficient (Wildman–Crippen LogP) is 5.09. The zero-order valence-corrected chi connectivity index (χ0v) is 22.6. The second kappa shape index (κ2) is 13.2. The van der Waals surface area contributed by atoms with E-state index in [1.807, 2.05) is 6.92 Å². The standard InChI is InChI=1S/C24BF20.C2H7N/c26-5-1(6(27)14(35)21(42)13(5)34)25(2-7(28)15(36)22(43)16(37)8(2)29,3-9(30)17(38)23(44)18(39)10(3)31)4-11(32)19(40)24(45)20(41)12(4)33;1-2-3/h;2-3H2,1H3/q-1;/p+1. The average Bonchev–Trinajstić information content (AvgIpc) is 3.04. The highest BCUT2D eigenvalue weighted by Gasteiger charge is 2.52. The lowest BCUT2D eigenvalue weighted by atomic mass is 9.12. The van der Waals surface area contributed by atoms with Crippen molar-refractivity contribution in [3.8, 4) is 0 Å². The highest BCUT2D eigenvalue weighted by Crippen LogP contribution is 2.30. The van der Waals surface area contributed by atoms with E-state index in [4.69, 9.17) is 0 Å². The summed E-state index contributed by atoms with van der Waals surface area (Å²) in [4.78, 5) is 0. The van der Waals surface area contributed by atoms with Gasteiger partial charge in [0.2, 0.25) is 0 Å². The van der Waals surface area contributed by atoms with Crippen molar-refractivity contribution in [2.75, 3.05) is 6.54 Å². The Morgan fingerprint density at radius 1 is 0.271 bits per heavy atom. The van der Waals surface area contributed by atoms with Crippen LogP contribution in [0.3, 0.4) is 0 Å². The average molecular weight is 725 g/mol. The van der Waals surface area contributed by atoms with Gasteiger partial charge in [-0.2, -0.15) is 0 Å². The summed E-state index contributed by atoms with van der Waals surface area (Å²) < 4.78 is 294. The first-order valence-electron chi connectivity index (χ1n) is 12.1. The first-order chi connectivity index (χ1) is 22.1. The van der Waals surface area contributed by atoms with Gasteiger partial charge in [-0.15, -0.1) is 21.9 Å². The molecule has 0 heterocycles. The third-order valence-electron chi connectivity index (χ3n) is 6.71. The Morgan fingerprint density at radius 2 is 0.354 bits per heavy atom. The van der Waals surface area contributed by atoms with Gasteiger partial charge in [-0.25, -0.2) is 87.8 Å². The normalized spacial score (nSPS) is 11.6. The Kier molecular flexibility index (Phi) is 10.4. The van der Waals surface area contributed by atoms with Crippen molar-refractivity contribution in [1.82, 2.24) is 0 Å². The second-order valence-corrected chi connectivity index (χ2v) is 9.30. The van der Waals surface area contributed by atoms with Gasteiger partial charge in [0.25, 0.3) is 0 Å².